The molecule has 22 heavy (non-hydrogen) atoms. The quantitative estimate of drug-likeness (QED) is 0.639. The lowest BCUT2D eigenvalue weighted by Gasteiger charge is -2.23. The van der Waals surface area contributed by atoms with Crippen molar-refractivity contribution in [2.24, 2.45) is 0 Å². The van der Waals surface area contributed by atoms with Gasteiger partial charge in [-0.05, 0) is 38.5 Å². The molecule has 2 aromatic rings. The van der Waals surface area contributed by atoms with Crippen molar-refractivity contribution in [3.63, 3.8) is 0 Å². The van der Waals surface area contributed by atoms with Crippen LogP contribution in [0.3, 0.4) is 0 Å². The molecule has 0 unspecified atom stereocenters. The van der Waals surface area contributed by atoms with E-state index in [1.165, 1.54) is 31.0 Å². The molecule has 0 saturated carbocycles. The Bertz CT molecular complexity index is 650. The first-order valence-electron chi connectivity index (χ1n) is 6.73. The van der Waals surface area contributed by atoms with E-state index in [2.05, 4.69) is 10.2 Å². The highest BCUT2D eigenvalue weighted by atomic mass is 32.2. The maximum Gasteiger partial charge on any atom is 0.323 e. The average Bonchev–Trinajstić information content (AvgIpc) is 2.93. The Balaban J connectivity index is 2.34. The molecule has 0 aliphatic carbocycles. The van der Waals surface area contributed by atoms with Crippen LogP contribution in [0.1, 0.15) is 31.6 Å². The summed E-state index contributed by atoms with van der Waals surface area (Å²) in [5, 5.41) is 7.97. The Hall–Kier alpha value is -1.89. The Morgan fingerprint density at radius 2 is 1.95 bits per heavy atom. The fraction of sp³-hybridized carbons (Fsp3) is 0.400. The van der Waals surface area contributed by atoms with Crippen LogP contribution in [-0.2, 0) is 15.1 Å². The number of halogens is 1. The summed E-state index contributed by atoms with van der Waals surface area (Å²) in [5.41, 5.74) is 0.441. The summed E-state index contributed by atoms with van der Waals surface area (Å²) in [6.07, 6.45) is 1.63. The third-order valence-corrected chi connectivity index (χ3v) is 4.24. The zero-order chi connectivity index (χ0) is 16.3. The minimum Gasteiger partial charge on any atom is -0.468 e. The normalized spacial score (nSPS) is 13.0. The number of nitrogens with zero attached hydrogens (tertiary/aromatic N) is 3. The third kappa shape index (κ3) is 3.65. The molecule has 0 fully saturated rings. The number of rotatable bonds is 4. The fourth-order valence-electron chi connectivity index (χ4n) is 1.87. The molecule has 7 heteroatoms. The van der Waals surface area contributed by atoms with Gasteiger partial charge in [-0.25, -0.2) is 4.39 Å². The third-order valence-electron chi connectivity index (χ3n) is 3.05. The maximum absolute atomic E-state index is 13.1. The van der Waals surface area contributed by atoms with E-state index in [1.54, 1.807) is 18.5 Å². The highest BCUT2D eigenvalue weighted by Crippen LogP contribution is 2.36. The number of hydrogen-bond acceptors (Lipinski definition) is 5. The molecule has 0 aliphatic heterocycles. The lowest BCUT2D eigenvalue weighted by Crippen LogP contribution is -2.22. The summed E-state index contributed by atoms with van der Waals surface area (Å²) >= 11 is 1.23. The molecule has 0 radical (unpaired) electrons. The molecule has 0 N–H and O–H groups in total. The van der Waals surface area contributed by atoms with Crippen molar-refractivity contribution in [1.29, 1.82) is 0 Å². The second-order valence-electron chi connectivity index (χ2n) is 5.73. The monoisotopic (exact) mass is 323 g/mol. The van der Waals surface area contributed by atoms with Crippen molar-refractivity contribution in [3.8, 4) is 0 Å². The minimum absolute atomic E-state index is 0.213. The molecule has 1 aromatic carbocycles. The molecule has 1 aromatic heterocycles. The van der Waals surface area contributed by atoms with Gasteiger partial charge in [0.15, 0.2) is 5.16 Å². The molecule has 0 saturated heterocycles. The highest BCUT2D eigenvalue weighted by molar-refractivity contribution is 8.00. The van der Waals surface area contributed by atoms with Crippen molar-refractivity contribution in [2.45, 2.75) is 36.7 Å². The van der Waals surface area contributed by atoms with E-state index in [0.717, 1.165) is 0 Å². The smallest absolute Gasteiger partial charge is 0.323 e. The molecule has 0 amide bonds. The fourth-order valence-corrected chi connectivity index (χ4v) is 3.09. The average molecular weight is 323 g/mol. The molecule has 118 valence electrons. The topological polar surface area (TPSA) is 57.0 Å². The van der Waals surface area contributed by atoms with Gasteiger partial charge in [0, 0.05) is 5.54 Å². The molecule has 5 nitrogen and oxygen atoms in total. The largest absolute Gasteiger partial charge is 0.468 e. The van der Waals surface area contributed by atoms with Crippen molar-refractivity contribution in [1.82, 2.24) is 14.8 Å². The van der Waals surface area contributed by atoms with Crippen molar-refractivity contribution >= 4 is 17.7 Å². The maximum atomic E-state index is 13.1. The summed E-state index contributed by atoms with van der Waals surface area (Å²) < 4.78 is 19.8. The van der Waals surface area contributed by atoms with Gasteiger partial charge in [-0.1, -0.05) is 23.9 Å². The van der Waals surface area contributed by atoms with Crippen LogP contribution < -0.4 is 0 Å². The second kappa shape index (κ2) is 6.48. The number of carbonyl (C=O) groups excluding carboxylic acids is 1. The molecule has 0 spiro atoms. The Kier molecular flexibility index (Phi) is 4.85. The number of hydrogen-bond donors (Lipinski definition) is 0. The van der Waals surface area contributed by atoms with Gasteiger partial charge in [0.05, 0.1) is 7.11 Å². The van der Waals surface area contributed by atoms with E-state index in [0.29, 0.717) is 10.7 Å². The Morgan fingerprint density at radius 1 is 1.32 bits per heavy atom. The van der Waals surface area contributed by atoms with E-state index in [-0.39, 0.29) is 11.4 Å². The van der Waals surface area contributed by atoms with Gasteiger partial charge >= 0.3 is 5.97 Å². The first-order chi connectivity index (χ1) is 10.3. The predicted octanol–water partition coefficient (Wildman–Crippen LogP) is 3.18. The van der Waals surface area contributed by atoms with E-state index in [4.69, 9.17) is 4.74 Å². The second-order valence-corrected chi connectivity index (χ2v) is 6.80. The summed E-state index contributed by atoms with van der Waals surface area (Å²) in [4.78, 5) is 12.1. The van der Waals surface area contributed by atoms with Crippen LogP contribution in [0.5, 0.6) is 0 Å². The number of esters is 1. The van der Waals surface area contributed by atoms with Crippen LogP contribution in [0.2, 0.25) is 0 Å². The summed E-state index contributed by atoms with van der Waals surface area (Å²) in [6, 6.07) is 5.78. The number of thioether (sulfide) groups is 1. The van der Waals surface area contributed by atoms with Crippen LogP contribution in [0.15, 0.2) is 35.7 Å². The summed E-state index contributed by atoms with van der Waals surface area (Å²) in [6.45, 7) is 6.06. The van der Waals surface area contributed by atoms with Crippen molar-refractivity contribution < 1.29 is 13.9 Å². The zero-order valence-corrected chi connectivity index (χ0v) is 13.7. The van der Waals surface area contributed by atoms with Crippen LogP contribution in [-0.4, -0.2) is 27.8 Å². The summed E-state index contributed by atoms with van der Waals surface area (Å²) in [5.74, 6) is -0.768. The molecule has 2 rings (SSSR count). The number of methoxy groups -OCH3 is 1. The SMILES string of the molecule is COC(=O)[C@@H](Sc1nncn1C(C)(C)C)c1ccc(F)cc1. The van der Waals surface area contributed by atoms with Gasteiger partial charge in [-0.3, -0.25) is 4.79 Å². The standard InChI is InChI=1S/C15H18FN3O2S/c1-15(2,3)19-9-17-18-14(19)22-12(13(20)21-4)10-5-7-11(16)8-6-10/h5-9,12H,1-4H3/t12-/m0/s1. The lowest BCUT2D eigenvalue weighted by molar-refractivity contribution is -0.140. The van der Waals surface area contributed by atoms with Crippen molar-refractivity contribution in [2.75, 3.05) is 7.11 Å². The minimum atomic E-state index is -0.629. The number of ether oxygens (including phenoxy) is 1. The van der Waals surface area contributed by atoms with Crippen LogP contribution in [0.4, 0.5) is 4.39 Å². The summed E-state index contributed by atoms with van der Waals surface area (Å²) in [7, 11) is 1.33. The number of aromatic nitrogens is 3. The molecular weight excluding hydrogens is 305 g/mol. The molecule has 1 atom stereocenters. The van der Waals surface area contributed by atoms with E-state index < -0.39 is 11.2 Å². The van der Waals surface area contributed by atoms with Gasteiger partial charge in [-0.15, -0.1) is 10.2 Å². The van der Waals surface area contributed by atoms with Crippen molar-refractivity contribution in [3.05, 3.63) is 42.0 Å². The van der Waals surface area contributed by atoms with E-state index in [1.807, 2.05) is 25.3 Å². The molecule has 1 heterocycles. The predicted molar refractivity (Wildman–Crippen MR) is 82.0 cm³/mol. The van der Waals surface area contributed by atoms with Gasteiger partial charge in [0.25, 0.3) is 0 Å². The van der Waals surface area contributed by atoms with Crippen LogP contribution in [0, 0.1) is 5.82 Å². The molecule has 0 bridgehead atoms. The first kappa shape index (κ1) is 16.5. The number of benzene rings is 1. The van der Waals surface area contributed by atoms with Crippen LogP contribution in [0.25, 0.3) is 0 Å². The number of carbonyl (C=O) groups is 1. The zero-order valence-electron chi connectivity index (χ0n) is 12.9. The van der Waals surface area contributed by atoms with E-state index in [9.17, 15) is 9.18 Å². The first-order valence-corrected chi connectivity index (χ1v) is 7.61. The van der Waals surface area contributed by atoms with Gasteiger partial charge < -0.3 is 9.30 Å². The molecular formula is C15H18FN3O2S. The highest BCUT2D eigenvalue weighted by Gasteiger charge is 2.27. The van der Waals surface area contributed by atoms with Gasteiger partial charge in [0.1, 0.15) is 17.4 Å². The van der Waals surface area contributed by atoms with Gasteiger partial charge in [-0.2, -0.15) is 0 Å². The molecule has 0 aliphatic rings. The van der Waals surface area contributed by atoms with E-state index >= 15 is 0 Å². The van der Waals surface area contributed by atoms with Crippen LogP contribution >= 0.6 is 11.8 Å². The Morgan fingerprint density at radius 3 is 2.50 bits per heavy atom. The van der Waals surface area contributed by atoms with Gasteiger partial charge in [0.2, 0.25) is 0 Å². The Labute approximate surface area is 132 Å². The lowest BCUT2D eigenvalue weighted by atomic mass is 10.1.